The van der Waals surface area contributed by atoms with E-state index in [1.807, 2.05) is 11.9 Å². The van der Waals surface area contributed by atoms with Gasteiger partial charge in [-0.3, -0.25) is 4.79 Å². The summed E-state index contributed by atoms with van der Waals surface area (Å²) in [4.78, 5) is 13.8. The van der Waals surface area contributed by atoms with Crippen LogP contribution < -0.4 is 0 Å². The standard InChI is InChI=1S/C14H19F2NO2/c1-17(8-4-10-19-2)9-7-13(18)11-5-3-6-12(15)14(11)16/h3,5-6H,4,7-10H2,1-2H3. The molecule has 0 aliphatic rings. The number of carbonyl (C=O) groups excluding carboxylic acids is 1. The predicted molar refractivity (Wildman–Crippen MR) is 69.3 cm³/mol. The number of hydrogen-bond acceptors (Lipinski definition) is 3. The van der Waals surface area contributed by atoms with Crippen LogP contribution in [0.5, 0.6) is 0 Å². The number of hydrogen-bond donors (Lipinski definition) is 0. The van der Waals surface area contributed by atoms with Gasteiger partial charge in [-0.2, -0.15) is 0 Å². The highest BCUT2D eigenvalue weighted by Gasteiger charge is 2.15. The molecule has 1 rings (SSSR count). The molecule has 3 nitrogen and oxygen atoms in total. The van der Waals surface area contributed by atoms with Gasteiger partial charge < -0.3 is 9.64 Å². The van der Waals surface area contributed by atoms with E-state index in [-0.39, 0.29) is 17.8 Å². The summed E-state index contributed by atoms with van der Waals surface area (Å²) in [6.45, 7) is 1.97. The van der Waals surface area contributed by atoms with Crippen LogP contribution >= 0.6 is 0 Å². The largest absolute Gasteiger partial charge is 0.385 e. The second-order valence-corrected chi connectivity index (χ2v) is 4.42. The number of Topliss-reactive ketones (excluding diaryl/α,β-unsaturated/α-hetero) is 1. The Morgan fingerprint density at radius 1 is 1.32 bits per heavy atom. The van der Waals surface area contributed by atoms with Gasteiger partial charge in [0, 0.05) is 33.2 Å². The first-order valence-corrected chi connectivity index (χ1v) is 6.21. The van der Waals surface area contributed by atoms with Crippen molar-refractivity contribution in [1.82, 2.24) is 4.90 Å². The van der Waals surface area contributed by atoms with Gasteiger partial charge >= 0.3 is 0 Å². The van der Waals surface area contributed by atoms with E-state index in [2.05, 4.69) is 0 Å². The summed E-state index contributed by atoms with van der Waals surface area (Å²) in [5, 5.41) is 0. The summed E-state index contributed by atoms with van der Waals surface area (Å²) in [5.74, 6) is -2.43. The lowest BCUT2D eigenvalue weighted by Crippen LogP contribution is -2.24. The second-order valence-electron chi connectivity index (χ2n) is 4.42. The third-order valence-electron chi connectivity index (χ3n) is 2.86. The lowest BCUT2D eigenvalue weighted by Gasteiger charge is -2.15. The average molecular weight is 271 g/mol. The minimum Gasteiger partial charge on any atom is -0.385 e. The Morgan fingerprint density at radius 2 is 2.05 bits per heavy atom. The van der Waals surface area contributed by atoms with Crippen LogP contribution in [0.3, 0.4) is 0 Å². The zero-order valence-electron chi connectivity index (χ0n) is 11.3. The minimum absolute atomic E-state index is 0.170. The first kappa shape index (κ1) is 15.7. The Balaban J connectivity index is 2.45. The number of ketones is 1. The maximum Gasteiger partial charge on any atom is 0.169 e. The van der Waals surface area contributed by atoms with Crippen molar-refractivity contribution in [3.05, 3.63) is 35.4 Å². The van der Waals surface area contributed by atoms with Gasteiger partial charge in [0.2, 0.25) is 0 Å². The van der Waals surface area contributed by atoms with Gasteiger partial charge in [0.1, 0.15) is 0 Å². The van der Waals surface area contributed by atoms with Crippen LogP contribution in [0.4, 0.5) is 8.78 Å². The van der Waals surface area contributed by atoms with Crippen molar-refractivity contribution in [3.8, 4) is 0 Å². The molecule has 0 saturated carbocycles. The molecule has 0 heterocycles. The van der Waals surface area contributed by atoms with Gasteiger partial charge in [0.25, 0.3) is 0 Å². The van der Waals surface area contributed by atoms with Crippen molar-refractivity contribution in [2.24, 2.45) is 0 Å². The molecule has 0 radical (unpaired) electrons. The molecule has 0 aliphatic carbocycles. The second kappa shape index (κ2) is 7.96. The normalized spacial score (nSPS) is 11.0. The fourth-order valence-corrected chi connectivity index (χ4v) is 1.74. The first-order valence-electron chi connectivity index (χ1n) is 6.21. The molecular formula is C14H19F2NO2. The molecule has 19 heavy (non-hydrogen) atoms. The van der Waals surface area contributed by atoms with Crippen LogP contribution in [-0.4, -0.2) is 44.5 Å². The minimum atomic E-state index is -1.06. The molecule has 1 aromatic carbocycles. The van der Waals surface area contributed by atoms with E-state index >= 15 is 0 Å². The summed E-state index contributed by atoms with van der Waals surface area (Å²) >= 11 is 0. The molecule has 0 N–H and O–H groups in total. The number of carbonyl (C=O) groups is 1. The molecular weight excluding hydrogens is 252 g/mol. The van der Waals surface area contributed by atoms with Crippen molar-refractivity contribution in [3.63, 3.8) is 0 Å². The molecule has 1 aromatic rings. The van der Waals surface area contributed by atoms with Crippen molar-refractivity contribution in [2.45, 2.75) is 12.8 Å². The monoisotopic (exact) mass is 271 g/mol. The molecule has 0 amide bonds. The lowest BCUT2D eigenvalue weighted by molar-refractivity contribution is 0.0962. The molecule has 106 valence electrons. The van der Waals surface area contributed by atoms with Crippen LogP contribution in [0.1, 0.15) is 23.2 Å². The maximum atomic E-state index is 13.4. The van der Waals surface area contributed by atoms with E-state index in [0.717, 1.165) is 19.0 Å². The summed E-state index contributed by atoms with van der Waals surface area (Å²) in [5.41, 5.74) is -0.176. The van der Waals surface area contributed by atoms with Crippen molar-refractivity contribution < 1.29 is 18.3 Å². The Kier molecular flexibility index (Phi) is 6.59. The number of halogens is 2. The Morgan fingerprint density at radius 3 is 2.74 bits per heavy atom. The average Bonchev–Trinajstić information content (AvgIpc) is 2.39. The summed E-state index contributed by atoms with van der Waals surface area (Å²) < 4.78 is 31.3. The van der Waals surface area contributed by atoms with Crippen molar-refractivity contribution in [2.75, 3.05) is 33.9 Å². The Bertz CT molecular complexity index is 424. The van der Waals surface area contributed by atoms with Crippen LogP contribution in [0, 0.1) is 11.6 Å². The van der Waals surface area contributed by atoms with E-state index in [1.165, 1.54) is 12.1 Å². The third kappa shape index (κ3) is 5.04. The molecule has 0 saturated heterocycles. The van der Waals surface area contributed by atoms with Crippen molar-refractivity contribution in [1.29, 1.82) is 0 Å². The zero-order valence-corrected chi connectivity index (χ0v) is 11.3. The zero-order chi connectivity index (χ0) is 14.3. The topological polar surface area (TPSA) is 29.5 Å². The fraction of sp³-hybridized carbons (Fsp3) is 0.500. The highest BCUT2D eigenvalue weighted by Crippen LogP contribution is 2.13. The SMILES string of the molecule is COCCCN(C)CCC(=O)c1cccc(F)c1F. The van der Waals surface area contributed by atoms with E-state index in [0.29, 0.717) is 13.2 Å². The maximum absolute atomic E-state index is 13.4. The van der Waals surface area contributed by atoms with Crippen LogP contribution in [0.25, 0.3) is 0 Å². The molecule has 0 unspecified atom stereocenters. The van der Waals surface area contributed by atoms with E-state index in [4.69, 9.17) is 4.74 Å². The Hall–Kier alpha value is -1.33. The van der Waals surface area contributed by atoms with Gasteiger partial charge in [0.05, 0.1) is 5.56 Å². The first-order chi connectivity index (χ1) is 9.06. The van der Waals surface area contributed by atoms with Gasteiger partial charge in [-0.1, -0.05) is 6.07 Å². The predicted octanol–water partition coefficient (Wildman–Crippen LogP) is 2.51. The highest BCUT2D eigenvalue weighted by molar-refractivity contribution is 5.96. The number of nitrogens with zero attached hydrogens (tertiary/aromatic N) is 1. The molecule has 0 aromatic heterocycles. The lowest BCUT2D eigenvalue weighted by atomic mass is 10.1. The van der Waals surface area contributed by atoms with Crippen LogP contribution in [-0.2, 0) is 4.74 Å². The van der Waals surface area contributed by atoms with Gasteiger partial charge in [-0.05, 0) is 25.6 Å². The van der Waals surface area contributed by atoms with Gasteiger partial charge in [0.15, 0.2) is 17.4 Å². The number of methoxy groups -OCH3 is 1. The molecule has 0 aliphatic heterocycles. The molecule has 0 atom stereocenters. The van der Waals surface area contributed by atoms with Crippen LogP contribution in [0.15, 0.2) is 18.2 Å². The molecule has 5 heteroatoms. The number of rotatable bonds is 8. The summed E-state index contributed by atoms with van der Waals surface area (Å²) in [6, 6.07) is 3.66. The molecule has 0 spiro atoms. The number of ether oxygens (including phenoxy) is 1. The Labute approximate surface area is 112 Å². The van der Waals surface area contributed by atoms with Crippen LogP contribution in [0.2, 0.25) is 0 Å². The molecule has 0 bridgehead atoms. The van der Waals surface area contributed by atoms with E-state index in [1.54, 1.807) is 7.11 Å². The summed E-state index contributed by atoms with van der Waals surface area (Å²) in [7, 11) is 3.52. The van der Waals surface area contributed by atoms with E-state index < -0.39 is 11.6 Å². The number of benzene rings is 1. The smallest absolute Gasteiger partial charge is 0.169 e. The third-order valence-corrected chi connectivity index (χ3v) is 2.86. The van der Waals surface area contributed by atoms with Gasteiger partial charge in [-0.25, -0.2) is 8.78 Å². The summed E-state index contributed by atoms with van der Waals surface area (Å²) in [6.07, 6.45) is 1.04. The van der Waals surface area contributed by atoms with E-state index in [9.17, 15) is 13.6 Å². The quantitative estimate of drug-likeness (QED) is 0.537. The van der Waals surface area contributed by atoms with Gasteiger partial charge in [-0.15, -0.1) is 0 Å². The van der Waals surface area contributed by atoms with Crippen molar-refractivity contribution >= 4 is 5.78 Å². The molecule has 0 fully saturated rings. The highest BCUT2D eigenvalue weighted by atomic mass is 19.2. The fourth-order valence-electron chi connectivity index (χ4n) is 1.74.